The molecule has 152 valence electrons. The largest absolute Gasteiger partial charge is 0.443 e. The Kier molecular flexibility index (Phi) is 5.29. The third kappa shape index (κ3) is 3.85. The molecule has 3 heterocycles. The number of fused-ring (bicyclic) bond motifs is 1. The van der Waals surface area contributed by atoms with E-state index in [0.29, 0.717) is 41.9 Å². The highest BCUT2D eigenvalue weighted by Crippen LogP contribution is 2.33. The predicted octanol–water partition coefficient (Wildman–Crippen LogP) is 4.90. The summed E-state index contributed by atoms with van der Waals surface area (Å²) in [5.41, 5.74) is 1.85. The molecule has 4 rings (SSSR count). The molecule has 0 radical (unpaired) electrons. The zero-order chi connectivity index (χ0) is 20.7. The number of amides is 1. The Bertz CT molecular complexity index is 1090. The number of halogens is 2. The Labute approximate surface area is 176 Å². The summed E-state index contributed by atoms with van der Waals surface area (Å²) >= 11 is 3.22. The van der Waals surface area contributed by atoms with Crippen molar-refractivity contribution in [3.63, 3.8) is 0 Å². The number of aryl methyl sites for hydroxylation is 3. The second-order valence-electron chi connectivity index (χ2n) is 7.43. The maximum atomic E-state index is 14.0. The number of anilines is 2. The summed E-state index contributed by atoms with van der Waals surface area (Å²) in [6.45, 7) is 7.17. The van der Waals surface area contributed by atoms with Crippen LogP contribution >= 0.6 is 15.9 Å². The van der Waals surface area contributed by atoms with Gasteiger partial charge in [0.15, 0.2) is 0 Å². The summed E-state index contributed by atoms with van der Waals surface area (Å²) < 4.78 is 20.4. The number of furan rings is 1. The molecule has 3 aromatic rings. The van der Waals surface area contributed by atoms with Gasteiger partial charge in [0.1, 0.15) is 23.2 Å². The molecule has 1 N–H and O–H groups in total. The van der Waals surface area contributed by atoms with Crippen LogP contribution in [0.15, 0.2) is 27.1 Å². The zero-order valence-corrected chi connectivity index (χ0v) is 18.1. The number of rotatable bonds is 3. The Morgan fingerprint density at radius 3 is 2.66 bits per heavy atom. The van der Waals surface area contributed by atoms with E-state index in [9.17, 15) is 9.18 Å². The highest BCUT2D eigenvalue weighted by molar-refractivity contribution is 9.10. The summed E-state index contributed by atoms with van der Waals surface area (Å²) in [5.74, 6) is 1.60. The van der Waals surface area contributed by atoms with Crippen molar-refractivity contribution in [2.75, 3.05) is 23.3 Å². The van der Waals surface area contributed by atoms with E-state index in [0.717, 1.165) is 22.5 Å². The van der Waals surface area contributed by atoms with Crippen LogP contribution in [0.4, 0.5) is 15.9 Å². The van der Waals surface area contributed by atoms with Crippen LogP contribution in [0.3, 0.4) is 0 Å². The van der Waals surface area contributed by atoms with E-state index in [-0.39, 0.29) is 17.5 Å². The van der Waals surface area contributed by atoms with Gasteiger partial charge in [-0.15, -0.1) is 0 Å². The first kappa shape index (κ1) is 19.8. The van der Waals surface area contributed by atoms with E-state index in [1.807, 2.05) is 20.8 Å². The minimum atomic E-state index is -0.449. The number of hydrogen-bond acceptors (Lipinski definition) is 5. The summed E-state index contributed by atoms with van der Waals surface area (Å²) in [7, 11) is 0. The zero-order valence-electron chi connectivity index (χ0n) is 16.6. The number of carbonyl (C=O) groups is 1. The second-order valence-corrected chi connectivity index (χ2v) is 8.35. The lowest BCUT2D eigenvalue weighted by Crippen LogP contribution is -2.38. The number of nitrogens with one attached hydrogen (secondary N) is 1. The van der Waals surface area contributed by atoms with Gasteiger partial charge in [0, 0.05) is 29.0 Å². The molecule has 0 bridgehead atoms. The molecule has 0 unspecified atom stereocenters. The van der Waals surface area contributed by atoms with E-state index in [1.54, 1.807) is 12.1 Å². The molecule has 1 fully saturated rings. The molecule has 1 aromatic carbocycles. The van der Waals surface area contributed by atoms with Gasteiger partial charge in [-0.3, -0.25) is 4.79 Å². The van der Waals surface area contributed by atoms with Crippen molar-refractivity contribution in [3.05, 3.63) is 45.6 Å². The quantitative estimate of drug-likeness (QED) is 0.601. The summed E-state index contributed by atoms with van der Waals surface area (Å²) in [4.78, 5) is 23.9. The van der Waals surface area contributed by atoms with E-state index < -0.39 is 5.82 Å². The SMILES string of the molecule is Cc1nc(N2CCC(C(=O)Nc3ccc(Br)cc3F)CC2)c2c(C)c(C)oc2n1. The Morgan fingerprint density at radius 1 is 1.24 bits per heavy atom. The average Bonchev–Trinajstić information content (AvgIpc) is 2.97. The summed E-state index contributed by atoms with van der Waals surface area (Å²) in [5, 5.41) is 3.66. The maximum absolute atomic E-state index is 14.0. The smallest absolute Gasteiger partial charge is 0.231 e. The molecule has 0 saturated carbocycles. The number of hydrogen-bond donors (Lipinski definition) is 1. The number of piperidine rings is 1. The van der Waals surface area contributed by atoms with Gasteiger partial charge in [0.25, 0.3) is 0 Å². The molecule has 8 heteroatoms. The van der Waals surface area contributed by atoms with Crippen molar-refractivity contribution < 1.29 is 13.6 Å². The van der Waals surface area contributed by atoms with E-state index in [1.165, 1.54) is 6.07 Å². The standard InChI is InChI=1S/C21H22BrFN4O2/c1-11-12(2)29-21-18(11)19(24-13(3)25-21)27-8-6-14(7-9-27)20(28)26-17-5-4-15(22)10-16(17)23/h4-5,10,14H,6-9H2,1-3H3,(H,26,28). The van der Waals surface area contributed by atoms with Gasteiger partial charge in [0.05, 0.1) is 11.1 Å². The lowest BCUT2D eigenvalue weighted by molar-refractivity contribution is -0.120. The maximum Gasteiger partial charge on any atom is 0.231 e. The lowest BCUT2D eigenvalue weighted by Gasteiger charge is -2.32. The van der Waals surface area contributed by atoms with E-state index in [4.69, 9.17) is 4.42 Å². The van der Waals surface area contributed by atoms with Crippen molar-refractivity contribution in [2.24, 2.45) is 5.92 Å². The van der Waals surface area contributed by atoms with Gasteiger partial charge in [0.2, 0.25) is 11.6 Å². The van der Waals surface area contributed by atoms with Crippen LogP contribution in [0.25, 0.3) is 11.1 Å². The highest BCUT2D eigenvalue weighted by atomic mass is 79.9. The Balaban J connectivity index is 1.48. The van der Waals surface area contributed by atoms with Crippen molar-refractivity contribution >= 4 is 44.4 Å². The molecule has 0 aliphatic carbocycles. The number of benzene rings is 1. The summed E-state index contributed by atoms with van der Waals surface area (Å²) in [6.07, 6.45) is 1.34. The Hall–Kier alpha value is -2.48. The minimum Gasteiger partial charge on any atom is -0.443 e. The molecule has 1 amide bonds. The van der Waals surface area contributed by atoms with Gasteiger partial charge in [-0.2, -0.15) is 4.98 Å². The number of carbonyl (C=O) groups excluding carboxylic acids is 1. The first-order valence-corrected chi connectivity index (χ1v) is 10.4. The third-order valence-corrected chi connectivity index (χ3v) is 5.97. The van der Waals surface area contributed by atoms with Gasteiger partial charge in [-0.05, 0) is 51.8 Å². The fourth-order valence-corrected chi connectivity index (χ4v) is 4.07. The lowest BCUT2D eigenvalue weighted by atomic mass is 9.95. The van der Waals surface area contributed by atoms with Crippen LogP contribution in [0.1, 0.15) is 30.0 Å². The van der Waals surface area contributed by atoms with Crippen LogP contribution < -0.4 is 10.2 Å². The van der Waals surface area contributed by atoms with Gasteiger partial charge in [-0.1, -0.05) is 15.9 Å². The first-order valence-electron chi connectivity index (χ1n) is 9.58. The molecule has 1 aliphatic rings. The first-order chi connectivity index (χ1) is 13.8. The van der Waals surface area contributed by atoms with E-state index >= 15 is 0 Å². The van der Waals surface area contributed by atoms with Crippen LogP contribution in [0, 0.1) is 32.5 Å². The van der Waals surface area contributed by atoms with Gasteiger partial charge < -0.3 is 14.6 Å². The van der Waals surface area contributed by atoms with Gasteiger partial charge in [-0.25, -0.2) is 9.37 Å². The monoisotopic (exact) mass is 460 g/mol. The van der Waals surface area contributed by atoms with Crippen LogP contribution in [-0.4, -0.2) is 29.0 Å². The normalized spacial score (nSPS) is 15.1. The fourth-order valence-electron chi connectivity index (χ4n) is 3.74. The molecule has 1 aliphatic heterocycles. The van der Waals surface area contributed by atoms with Crippen molar-refractivity contribution in [1.82, 2.24) is 9.97 Å². The molecule has 0 atom stereocenters. The summed E-state index contributed by atoms with van der Waals surface area (Å²) in [6, 6.07) is 4.62. The van der Waals surface area contributed by atoms with Crippen LogP contribution in [-0.2, 0) is 4.79 Å². The molecule has 29 heavy (non-hydrogen) atoms. The van der Waals surface area contributed by atoms with Crippen LogP contribution in [0.5, 0.6) is 0 Å². The van der Waals surface area contributed by atoms with Crippen molar-refractivity contribution in [2.45, 2.75) is 33.6 Å². The van der Waals surface area contributed by atoms with Gasteiger partial charge >= 0.3 is 0 Å². The molecule has 2 aromatic heterocycles. The minimum absolute atomic E-state index is 0.148. The predicted molar refractivity (Wildman–Crippen MR) is 114 cm³/mol. The highest BCUT2D eigenvalue weighted by Gasteiger charge is 2.28. The second kappa shape index (κ2) is 7.74. The van der Waals surface area contributed by atoms with Crippen molar-refractivity contribution in [3.8, 4) is 0 Å². The third-order valence-electron chi connectivity index (χ3n) is 5.48. The fraction of sp³-hybridized carbons (Fsp3) is 0.381. The molecular weight excluding hydrogens is 439 g/mol. The number of nitrogens with zero attached hydrogens (tertiary/aromatic N) is 3. The topological polar surface area (TPSA) is 71.3 Å². The molecular formula is C21H22BrFN4O2. The van der Waals surface area contributed by atoms with Crippen LogP contribution in [0.2, 0.25) is 0 Å². The average molecular weight is 461 g/mol. The Morgan fingerprint density at radius 2 is 1.97 bits per heavy atom. The van der Waals surface area contributed by atoms with E-state index in [2.05, 4.69) is 36.1 Å². The number of aromatic nitrogens is 2. The molecule has 6 nitrogen and oxygen atoms in total. The molecule has 0 spiro atoms. The molecule has 1 saturated heterocycles. The van der Waals surface area contributed by atoms with Crippen molar-refractivity contribution in [1.29, 1.82) is 0 Å².